The van der Waals surface area contributed by atoms with E-state index in [1.807, 2.05) is 40.7 Å². The molecule has 4 nitrogen and oxygen atoms in total. The molecular formula is C18H29FN2O2. The molecule has 0 saturated carbocycles. The second-order valence-electron chi connectivity index (χ2n) is 6.77. The van der Waals surface area contributed by atoms with Gasteiger partial charge >= 0.3 is 6.09 Å². The first-order valence-electron chi connectivity index (χ1n) is 8.20. The third-order valence-electron chi connectivity index (χ3n) is 3.42. The number of ether oxygens (including phenoxy) is 1. The third kappa shape index (κ3) is 7.46. The number of halogens is 1. The molecule has 2 atom stereocenters. The SMILES string of the molecule is CCC(NCCC(C)NC(=O)OC(C)(C)C)c1ccccc1F. The molecule has 130 valence electrons. The highest BCUT2D eigenvalue weighted by Crippen LogP contribution is 2.19. The summed E-state index contributed by atoms with van der Waals surface area (Å²) >= 11 is 0. The third-order valence-corrected chi connectivity index (χ3v) is 3.42. The zero-order valence-corrected chi connectivity index (χ0v) is 14.8. The van der Waals surface area contributed by atoms with Crippen LogP contribution in [-0.2, 0) is 4.74 Å². The van der Waals surface area contributed by atoms with Gasteiger partial charge in [-0.3, -0.25) is 0 Å². The molecule has 0 heterocycles. The fraction of sp³-hybridized carbons (Fsp3) is 0.611. The molecule has 1 aromatic carbocycles. The van der Waals surface area contributed by atoms with E-state index in [0.29, 0.717) is 12.1 Å². The summed E-state index contributed by atoms with van der Waals surface area (Å²) in [6, 6.07) is 6.78. The van der Waals surface area contributed by atoms with Gasteiger partial charge in [0.1, 0.15) is 11.4 Å². The number of hydrogen-bond donors (Lipinski definition) is 2. The predicted molar refractivity (Wildman–Crippen MR) is 90.9 cm³/mol. The van der Waals surface area contributed by atoms with Crippen LogP contribution in [0.5, 0.6) is 0 Å². The lowest BCUT2D eigenvalue weighted by Crippen LogP contribution is -2.39. The molecule has 0 bridgehead atoms. The molecule has 0 radical (unpaired) electrons. The van der Waals surface area contributed by atoms with E-state index in [9.17, 15) is 9.18 Å². The molecule has 2 unspecified atom stereocenters. The minimum Gasteiger partial charge on any atom is -0.444 e. The number of hydrogen-bond acceptors (Lipinski definition) is 3. The molecule has 0 fully saturated rings. The fourth-order valence-corrected chi connectivity index (χ4v) is 2.29. The molecule has 5 heteroatoms. The standard InChI is InChI=1S/C18H29FN2O2/c1-6-16(14-9-7-8-10-15(14)19)20-12-11-13(2)21-17(22)23-18(3,4)5/h7-10,13,16,20H,6,11-12H2,1-5H3,(H,21,22). The number of benzene rings is 1. The number of rotatable bonds is 7. The molecule has 0 aliphatic carbocycles. The summed E-state index contributed by atoms with van der Waals surface area (Å²) in [5.41, 5.74) is 0.183. The van der Waals surface area contributed by atoms with E-state index in [1.54, 1.807) is 12.1 Å². The quantitative estimate of drug-likeness (QED) is 0.791. The average Bonchev–Trinajstić information content (AvgIpc) is 2.42. The van der Waals surface area contributed by atoms with Crippen molar-refractivity contribution in [1.29, 1.82) is 0 Å². The average molecular weight is 324 g/mol. The summed E-state index contributed by atoms with van der Waals surface area (Å²) < 4.78 is 19.1. The summed E-state index contributed by atoms with van der Waals surface area (Å²) in [6.45, 7) is 10.1. The minimum absolute atomic E-state index is 0.0181. The van der Waals surface area contributed by atoms with Crippen molar-refractivity contribution in [3.63, 3.8) is 0 Å². The molecule has 1 amide bonds. The molecule has 1 rings (SSSR count). The molecule has 2 N–H and O–H groups in total. The van der Waals surface area contributed by atoms with E-state index >= 15 is 0 Å². The normalized spacial score (nSPS) is 14.2. The first-order chi connectivity index (χ1) is 10.7. The van der Waals surface area contributed by atoms with Crippen LogP contribution in [0.25, 0.3) is 0 Å². The molecule has 1 aromatic rings. The van der Waals surface area contributed by atoms with Crippen molar-refractivity contribution in [2.24, 2.45) is 0 Å². The number of amides is 1. The largest absolute Gasteiger partial charge is 0.444 e. The Morgan fingerprint density at radius 1 is 1.30 bits per heavy atom. The minimum atomic E-state index is -0.500. The summed E-state index contributed by atoms with van der Waals surface area (Å²) in [7, 11) is 0. The van der Waals surface area contributed by atoms with Gasteiger partial charge in [0.15, 0.2) is 0 Å². The zero-order chi connectivity index (χ0) is 17.5. The Hall–Kier alpha value is -1.62. The number of nitrogens with one attached hydrogen (secondary N) is 2. The second kappa shape index (κ2) is 8.87. The molecule has 0 aliphatic rings. The molecule has 0 saturated heterocycles. The van der Waals surface area contributed by atoms with Gasteiger partial charge in [-0.05, 0) is 53.1 Å². The Kier molecular flexibility index (Phi) is 7.49. The highest BCUT2D eigenvalue weighted by atomic mass is 19.1. The van der Waals surface area contributed by atoms with Crippen LogP contribution in [0.4, 0.5) is 9.18 Å². The fourth-order valence-electron chi connectivity index (χ4n) is 2.29. The van der Waals surface area contributed by atoms with Gasteiger partial charge in [0.2, 0.25) is 0 Å². The van der Waals surface area contributed by atoms with E-state index in [0.717, 1.165) is 12.8 Å². The molecule has 0 aromatic heterocycles. The summed E-state index contributed by atoms with van der Waals surface area (Å²) in [4.78, 5) is 11.7. The molecule has 0 spiro atoms. The summed E-state index contributed by atoms with van der Waals surface area (Å²) in [5.74, 6) is -0.188. The van der Waals surface area contributed by atoms with Crippen LogP contribution < -0.4 is 10.6 Å². The lowest BCUT2D eigenvalue weighted by Gasteiger charge is -2.23. The van der Waals surface area contributed by atoms with Crippen molar-refractivity contribution >= 4 is 6.09 Å². The lowest BCUT2D eigenvalue weighted by molar-refractivity contribution is 0.0506. The number of carbonyl (C=O) groups excluding carboxylic acids is 1. The number of alkyl carbamates (subject to hydrolysis) is 1. The smallest absolute Gasteiger partial charge is 0.407 e. The Bertz CT molecular complexity index is 500. The first-order valence-corrected chi connectivity index (χ1v) is 8.20. The Morgan fingerprint density at radius 3 is 2.52 bits per heavy atom. The van der Waals surface area contributed by atoms with Crippen LogP contribution in [0.3, 0.4) is 0 Å². The zero-order valence-electron chi connectivity index (χ0n) is 14.8. The monoisotopic (exact) mass is 324 g/mol. The van der Waals surface area contributed by atoms with Gasteiger partial charge in [-0.2, -0.15) is 0 Å². The van der Waals surface area contributed by atoms with Crippen molar-refractivity contribution in [2.75, 3.05) is 6.54 Å². The maximum Gasteiger partial charge on any atom is 0.407 e. The summed E-state index contributed by atoms with van der Waals surface area (Å²) in [5, 5.41) is 6.15. The van der Waals surface area contributed by atoms with Crippen LogP contribution in [0, 0.1) is 5.82 Å². The van der Waals surface area contributed by atoms with Crippen molar-refractivity contribution in [2.45, 2.75) is 65.1 Å². The highest BCUT2D eigenvalue weighted by molar-refractivity contribution is 5.67. The van der Waals surface area contributed by atoms with Gasteiger partial charge in [-0.25, -0.2) is 9.18 Å². The maximum absolute atomic E-state index is 13.8. The van der Waals surface area contributed by atoms with Gasteiger partial charge in [0, 0.05) is 17.6 Å². The summed E-state index contributed by atoms with van der Waals surface area (Å²) in [6.07, 6.45) is 1.13. The second-order valence-corrected chi connectivity index (χ2v) is 6.77. The van der Waals surface area contributed by atoms with E-state index in [-0.39, 0.29) is 17.9 Å². The Labute approximate surface area is 138 Å². The lowest BCUT2D eigenvalue weighted by atomic mass is 10.0. The predicted octanol–water partition coefficient (Wildman–Crippen LogP) is 4.17. The van der Waals surface area contributed by atoms with Crippen LogP contribution in [0.1, 0.15) is 59.1 Å². The van der Waals surface area contributed by atoms with E-state index < -0.39 is 11.7 Å². The molecular weight excluding hydrogens is 295 g/mol. The van der Waals surface area contributed by atoms with E-state index in [4.69, 9.17) is 4.74 Å². The van der Waals surface area contributed by atoms with Gasteiger partial charge in [0.25, 0.3) is 0 Å². The van der Waals surface area contributed by atoms with Gasteiger partial charge in [-0.15, -0.1) is 0 Å². The van der Waals surface area contributed by atoms with Crippen LogP contribution >= 0.6 is 0 Å². The van der Waals surface area contributed by atoms with Crippen molar-refractivity contribution in [3.8, 4) is 0 Å². The van der Waals surface area contributed by atoms with Gasteiger partial charge in [-0.1, -0.05) is 25.1 Å². The van der Waals surface area contributed by atoms with E-state index in [2.05, 4.69) is 10.6 Å². The van der Waals surface area contributed by atoms with Gasteiger partial charge in [0.05, 0.1) is 0 Å². The van der Waals surface area contributed by atoms with Crippen molar-refractivity contribution < 1.29 is 13.9 Å². The Morgan fingerprint density at radius 2 is 1.96 bits per heavy atom. The molecule has 23 heavy (non-hydrogen) atoms. The van der Waals surface area contributed by atoms with Crippen LogP contribution in [0.2, 0.25) is 0 Å². The van der Waals surface area contributed by atoms with E-state index in [1.165, 1.54) is 6.07 Å². The van der Waals surface area contributed by atoms with Crippen molar-refractivity contribution in [1.82, 2.24) is 10.6 Å². The highest BCUT2D eigenvalue weighted by Gasteiger charge is 2.18. The first kappa shape index (κ1) is 19.4. The van der Waals surface area contributed by atoms with Crippen LogP contribution in [-0.4, -0.2) is 24.3 Å². The maximum atomic E-state index is 13.8. The van der Waals surface area contributed by atoms with Gasteiger partial charge < -0.3 is 15.4 Å². The topological polar surface area (TPSA) is 50.4 Å². The van der Waals surface area contributed by atoms with Crippen LogP contribution in [0.15, 0.2) is 24.3 Å². The van der Waals surface area contributed by atoms with Crippen molar-refractivity contribution in [3.05, 3.63) is 35.6 Å². The molecule has 0 aliphatic heterocycles. The number of carbonyl (C=O) groups is 1. The Balaban J connectivity index is 2.40.